The molecule has 0 bridgehead atoms. The Morgan fingerprint density at radius 3 is 2.35 bits per heavy atom. The van der Waals surface area contributed by atoms with Crippen LogP contribution in [-0.2, 0) is 16.1 Å². The third-order valence-electron chi connectivity index (χ3n) is 4.68. The van der Waals surface area contributed by atoms with E-state index in [0.717, 1.165) is 5.56 Å². The second-order valence-corrected chi connectivity index (χ2v) is 7.43. The zero-order valence-electron chi connectivity index (χ0n) is 17.6. The molecule has 0 aromatic heterocycles. The molecule has 0 radical (unpaired) electrons. The highest BCUT2D eigenvalue weighted by Gasteiger charge is 2.12. The summed E-state index contributed by atoms with van der Waals surface area (Å²) < 4.78 is 10.9. The summed E-state index contributed by atoms with van der Waals surface area (Å²) in [5, 5.41) is 2.78. The summed E-state index contributed by atoms with van der Waals surface area (Å²) in [6.45, 7) is 4.14. The molecule has 1 amide bonds. The number of hydrogen-bond acceptors (Lipinski definition) is 5. The minimum atomic E-state index is -0.497. The van der Waals surface area contributed by atoms with Gasteiger partial charge < -0.3 is 20.5 Å². The van der Waals surface area contributed by atoms with Crippen LogP contribution in [0.1, 0.15) is 41.3 Å². The van der Waals surface area contributed by atoms with Crippen molar-refractivity contribution in [2.75, 3.05) is 17.7 Å². The molecular formula is C25H26N2O4. The van der Waals surface area contributed by atoms with Gasteiger partial charge in [0, 0.05) is 5.69 Å². The predicted octanol–water partition coefficient (Wildman–Crippen LogP) is 4.77. The lowest BCUT2D eigenvalue weighted by Gasteiger charge is -2.12. The van der Waals surface area contributed by atoms with Crippen molar-refractivity contribution in [3.63, 3.8) is 0 Å². The van der Waals surface area contributed by atoms with Crippen LogP contribution in [0.2, 0.25) is 0 Å². The molecule has 3 N–H and O–H groups in total. The minimum absolute atomic E-state index is 0.165. The van der Waals surface area contributed by atoms with Crippen LogP contribution in [0.3, 0.4) is 0 Å². The van der Waals surface area contributed by atoms with Gasteiger partial charge in [0.25, 0.3) is 5.91 Å². The van der Waals surface area contributed by atoms with Crippen molar-refractivity contribution in [1.29, 1.82) is 0 Å². The third-order valence-corrected chi connectivity index (χ3v) is 4.68. The standard InChI is InChI=1S/C25H26N2O4/c1-17(2)19-8-11-21(12-9-19)27-24(28)16-30-23-14-20(10-13-22(23)26)25(29)31-15-18-6-4-3-5-7-18/h3-14,17H,15-16,26H2,1-2H3,(H,27,28). The average Bonchev–Trinajstić information content (AvgIpc) is 2.78. The number of amides is 1. The van der Waals surface area contributed by atoms with E-state index in [2.05, 4.69) is 19.2 Å². The van der Waals surface area contributed by atoms with E-state index in [1.807, 2.05) is 54.6 Å². The lowest BCUT2D eigenvalue weighted by molar-refractivity contribution is -0.118. The number of hydrogen-bond donors (Lipinski definition) is 2. The van der Waals surface area contributed by atoms with Gasteiger partial charge in [0.1, 0.15) is 12.4 Å². The Bertz CT molecular complexity index is 1030. The Morgan fingerprint density at radius 2 is 1.68 bits per heavy atom. The highest BCUT2D eigenvalue weighted by Crippen LogP contribution is 2.24. The molecule has 0 aliphatic heterocycles. The topological polar surface area (TPSA) is 90.6 Å². The number of ether oxygens (including phenoxy) is 2. The van der Waals surface area contributed by atoms with E-state index in [9.17, 15) is 9.59 Å². The largest absolute Gasteiger partial charge is 0.482 e. The smallest absolute Gasteiger partial charge is 0.338 e. The van der Waals surface area contributed by atoms with Gasteiger partial charge in [-0.25, -0.2) is 4.79 Å². The molecule has 6 heteroatoms. The lowest BCUT2D eigenvalue weighted by Crippen LogP contribution is -2.20. The molecule has 0 fully saturated rings. The Kier molecular flexibility index (Phi) is 7.27. The van der Waals surface area contributed by atoms with Crippen LogP contribution in [0.4, 0.5) is 11.4 Å². The van der Waals surface area contributed by atoms with Crippen LogP contribution in [0.25, 0.3) is 0 Å². The molecule has 31 heavy (non-hydrogen) atoms. The number of carbonyl (C=O) groups excluding carboxylic acids is 2. The molecule has 3 aromatic rings. The summed E-state index contributed by atoms with van der Waals surface area (Å²) >= 11 is 0. The molecule has 0 unspecified atom stereocenters. The molecular weight excluding hydrogens is 392 g/mol. The van der Waals surface area contributed by atoms with Crippen LogP contribution < -0.4 is 15.8 Å². The van der Waals surface area contributed by atoms with Crippen LogP contribution in [0, 0.1) is 0 Å². The number of carbonyl (C=O) groups is 2. The van der Waals surface area contributed by atoms with Crippen LogP contribution in [-0.4, -0.2) is 18.5 Å². The molecule has 0 atom stereocenters. The molecule has 0 spiro atoms. The van der Waals surface area contributed by atoms with Gasteiger partial charge in [-0.15, -0.1) is 0 Å². The van der Waals surface area contributed by atoms with Gasteiger partial charge in [-0.1, -0.05) is 56.3 Å². The quantitative estimate of drug-likeness (QED) is 0.406. The van der Waals surface area contributed by atoms with Crippen molar-refractivity contribution in [3.05, 3.63) is 89.5 Å². The fraction of sp³-hybridized carbons (Fsp3) is 0.200. The highest BCUT2D eigenvalue weighted by atomic mass is 16.5. The fourth-order valence-electron chi connectivity index (χ4n) is 2.88. The highest BCUT2D eigenvalue weighted by molar-refractivity contribution is 5.92. The van der Waals surface area contributed by atoms with Gasteiger partial charge in [0.05, 0.1) is 11.3 Å². The first kappa shape index (κ1) is 21.9. The first-order chi connectivity index (χ1) is 14.9. The minimum Gasteiger partial charge on any atom is -0.482 e. The van der Waals surface area contributed by atoms with E-state index in [1.165, 1.54) is 11.6 Å². The number of benzene rings is 3. The maximum absolute atomic E-state index is 12.3. The summed E-state index contributed by atoms with van der Waals surface area (Å²) in [4.78, 5) is 24.6. The second kappa shape index (κ2) is 10.3. The Morgan fingerprint density at radius 1 is 0.968 bits per heavy atom. The number of nitrogen functional groups attached to an aromatic ring is 1. The van der Waals surface area contributed by atoms with Crippen molar-refractivity contribution in [2.24, 2.45) is 0 Å². The Labute approximate surface area is 182 Å². The van der Waals surface area contributed by atoms with E-state index in [4.69, 9.17) is 15.2 Å². The number of nitrogens with one attached hydrogen (secondary N) is 1. The number of nitrogens with two attached hydrogens (primary N) is 1. The van der Waals surface area contributed by atoms with Gasteiger partial charge >= 0.3 is 5.97 Å². The van der Waals surface area contributed by atoms with Gasteiger partial charge in [0.2, 0.25) is 0 Å². The van der Waals surface area contributed by atoms with Crippen molar-refractivity contribution >= 4 is 23.3 Å². The van der Waals surface area contributed by atoms with Crippen LogP contribution >= 0.6 is 0 Å². The van der Waals surface area contributed by atoms with E-state index < -0.39 is 5.97 Å². The summed E-state index contributed by atoms with van der Waals surface area (Å²) in [5.41, 5.74) is 9.32. The number of esters is 1. The van der Waals surface area contributed by atoms with Crippen LogP contribution in [0.15, 0.2) is 72.8 Å². The summed E-state index contributed by atoms with van der Waals surface area (Å²) in [6.07, 6.45) is 0. The predicted molar refractivity (Wildman–Crippen MR) is 121 cm³/mol. The molecule has 0 saturated carbocycles. The van der Waals surface area contributed by atoms with Gasteiger partial charge in [0.15, 0.2) is 6.61 Å². The van der Waals surface area contributed by atoms with E-state index in [1.54, 1.807) is 12.1 Å². The normalized spacial score (nSPS) is 10.5. The van der Waals surface area contributed by atoms with Crippen molar-refractivity contribution in [2.45, 2.75) is 26.4 Å². The zero-order valence-corrected chi connectivity index (χ0v) is 17.6. The summed E-state index contributed by atoms with van der Waals surface area (Å²) in [6, 6.07) is 21.6. The second-order valence-electron chi connectivity index (χ2n) is 7.43. The van der Waals surface area contributed by atoms with Gasteiger partial charge in [-0.2, -0.15) is 0 Å². The first-order valence-corrected chi connectivity index (χ1v) is 10.1. The van der Waals surface area contributed by atoms with Gasteiger partial charge in [-0.05, 0) is 47.4 Å². The molecule has 0 aliphatic rings. The molecule has 6 nitrogen and oxygen atoms in total. The number of rotatable bonds is 8. The maximum Gasteiger partial charge on any atom is 0.338 e. The average molecular weight is 418 g/mol. The third kappa shape index (κ3) is 6.34. The van der Waals surface area contributed by atoms with Crippen LogP contribution in [0.5, 0.6) is 5.75 Å². The molecule has 0 heterocycles. The van der Waals surface area contributed by atoms with E-state index in [0.29, 0.717) is 22.9 Å². The van der Waals surface area contributed by atoms with Crippen molar-refractivity contribution in [3.8, 4) is 5.75 Å². The van der Waals surface area contributed by atoms with E-state index in [-0.39, 0.29) is 24.9 Å². The first-order valence-electron chi connectivity index (χ1n) is 10.1. The van der Waals surface area contributed by atoms with Crippen molar-refractivity contribution < 1.29 is 19.1 Å². The molecule has 3 aromatic carbocycles. The maximum atomic E-state index is 12.3. The van der Waals surface area contributed by atoms with Crippen molar-refractivity contribution in [1.82, 2.24) is 0 Å². The molecule has 0 aliphatic carbocycles. The molecule has 3 rings (SSSR count). The SMILES string of the molecule is CC(C)c1ccc(NC(=O)COc2cc(C(=O)OCc3ccccc3)ccc2N)cc1. The Balaban J connectivity index is 1.56. The number of anilines is 2. The zero-order chi connectivity index (χ0) is 22.2. The van der Waals surface area contributed by atoms with E-state index >= 15 is 0 Å². The molecule has 0 saturated heterocycles. The molecule has 160 valence electrons. The Hall–Kier alpha value is -3.80. The van der Waals surface area contributed by atoms with Gasteiger partial charge in [-0.3, -0.25) is 4.79 Å². The summed E-state index contributed by atoms with van der Waals surface area (Å²) in [5.74, 6) is -0.153. The lowest BCUT2D eigenvalue weighted by atomic mass is 10.0. The fourth-order valence-corrected chi connectivity index (χ4v) is 2.88. The summed E-state index contributed by atoms with van der Waals surface area (Å²) in [7, 11) is 0. The monoisotopic (exact) mass is 418 g/mol.